The number of hydrogen-bond donors (Lipinski definition) is 1. The molecule has 33 heavy (non-hydrogen) atoms. The van der Waals surface area contributed by atoms with E-state index >= 15 is 0 Å². The molecule has 1 aliphatic heterocycles. The van der Waals surface area contributed by atoms with E-state index in [9.17, 15) is 13.2 Å². The summed E-state index contributed by atoms with van der Waals surface area (Å²) in [7, 11) is -3.98. The highest BCUT2D eigenvalue weighted by atomic mass is 35.5. The maximum absolute atomic E-state index is 13.3. The molecule has 0 atom stereocenters. The fourth-order valence-corrected chi connectivity index (χ4v) is 4.74. The second-order valence-electron chi connectivity index (χ2n) is 7.35. The third-order valence-electron chi connectivity index (χ3n) is 4.90. The molecule has 1 aromatic heterocycles. The van der Waals surface area contributed by atoms with Crippen LogP contribution in [0.1, 0.15) is 12.0 Å². The molecule has 0 saturated carbocycles. The zero-order valence-electron chi connectivity index (χ0n) is 17.6. The lowest BCUT2D eigenvalue weighted by molar-refractivity contribution is -0.116. The zero-order valence-corrected chi connectivity index (χ0v) is 19.2. The monoisotopic (exact) mass is 487 g/mol. The first-order valence-electron chi connectivity index (χ1n) is 10.3. The normalized spacial score (nSPS) is 13.4. The number of sulfonamides is 1. The first-order chi connectivity index (χ1) is 15.9. The predicted octanol–water partition coefficient (Wildman–Crippen LogP) is 3.73. The molecule has 10 heteroatoms. The molecule has 1 aliphatic rings. The fourth-order valence-electron chi connectivity index (χ4n) is 3.27. The quantitative estimate of drug-likeness (QED) is 0.545. The van der Waals surface area contributed by atoms with Gasteiger partial charge < -0.3 is 14.8 Å². The summed E-state index contributed by atoms with van der Waals surface area (Å²) in [6.07, 6.45) is 3.51. The zero-order chi connectivity index (χ0) is 23.3. The van der Waals surface area contributed by atoms with Crippen LogP contribution in [0.15, 0.2) is 71.9 Å². The van der Waals surface area contributed by atoms with E-state index in [1.807, 2.05) is 0 Å². The van der Waals surface area contributed by atoms with E-state index in [4.69, 9.17) is 21.1 Å². The number of pyridine rings is 1. The highest BCUT2D eigenvalue weighted by Gasteiger charge is 2.27. The van der Waals surface area contributed by atoms with Gasteiger partial charge in [0.15, 0.2) is 11.5 Å². The Morgan fingerprint density at radius 2 is 1.82 bits per heavy atom. The molecule has 172 valence electrons. The summed E-state index contributed by atoms with van der Waals surface area (Å²) in [4.78, 5) is 16.8. The first kappa shape index (κ1) is 23.0. The van der Waals surface area contributed by atoms with Gasteiger partial charge in [-0.15, -0.1) is 0 Å². The summed E-state index contributed by atoms with van der Waals surface area (Å²) in [6, 6.07) is 14.8. The van der Waals surface area contributed by atoms with Gasteiger partial charge in [0.1, 0.15) is 4.90 Å². The maximum atomic E-state index is 13.3. The number of rotatable bonds is 7. The van der Waals surface area contributed by atoms with Crippen molar-refractivity contribution in [1.29, 1.82) is 0 Å². The minimum Gasteiger partial charge on any atom is -0.490 e. The standard InChI is InChI=1S/C23H22ClN3O5S/c24-18-6-4-17(5-7-18)15-27(33(29,30)20-3-1-10-25-14-20)16-23(28)26-19-8-9-21-22(13-19)32-12-2-11-31-21/h1,3-10,13-14H,2,11-12,15-16H2,(H,26,28). The average molecular weight is 488 g/mol. The molecule has 0 spiro atoms. The molecule has 3 aromatic rings. The number of amides is 1. The number of aromatic nitrogens is 1. The van der Waals surface area contributed by atoms with E-state index < -0.39 is 22.5 Å². The Kier molecular flexibility index (Phi) is 7.12. The van der Waals surface area contributed by atoms with Gasteiger partial charge >= 0.3 is 0 Å². The molecule has 8 nitrogen and oxygen atoms in total. The number of nitrogens with zero attached hydrogens (tertiary/aromatic N) is 2. The van der Waals surface area contributed by atoms with Gasteiger partial charge in [-0.1, -0.05) is 23.7 Å². The Morgan fingerprint density at radius 1 is 1.06 bits per heavy atom. The molecule has 2 heterocycles. The lowest BCUT2D eigenvalue weighted by Crippen LogP contribution is -2.37. The Bertz CT molecular complexity index is 1220. The van der Waals surface area contributed by atoms with Gasteiger partial charge in [0, 0.05) is 42.1 Å². The van der Waals surface area contributed by atoms with Crippen molar-refractivity contribution < 1.29 is 22.7 Å². The number of carbonyl (C=O) groups excluding carboxylic acids is 1. The molecule has 0 aliphatic carbocycles. The van der Waals surface area contributed by atoms with Crippen molar-refractivity contribution in [1.82, 2.24) is 9.29 Å². The molecule has 0 saturated heterocycles. The van der Waals surface area contributed by atoms with Crippen LogP contribution in [0.4, 0.5) is 5.69 Å². The third-order valence-corrected chi connectivity index (χ3v) is 6.92. The maximum Gasteiger partial charge on any atom is 0.245 e. The highest BCUT2D eigenvalue weighted by Crippen LogP contribution is 2.32. The van der Waals surface area contributed by atoms with Gasteiger partial charge in [0.25, 0.3) is 0 Å². The summed E-state index contributed by atoms with van der Waals surface area (Å²) in [5, 5.41) is 3.28. The van der Waals surface area contributed by atoms with Crippen LogP contribution in [0.3, 0.4) is 0 Å². The van der Waals surface area contributed by atoms with E-state index in [1.54, 1.807) is 42.5 Å². The number of benzene rings is 2. The number of carbonyl (C=O) groups is 1. The van der Waals surface area contributed by atoms with Gasteiger partial charge in [-0.3, -0.25) is 9.78 Å². The Labute approximate surface area is 197 Å². The van der Waals surface area contributed by atoms with Crippen LogP contribution in [-0.4, -0.2) is 43.4 Å². The third kappa shape index (κ3) is 5.81. The Morgan fingerprint density at radius 3 is 2.55 bits per heavy atom. The lowest BCUT2D eigenvalue weighted by atomic mass is 10.2. The second kappa shape index (κ2) is 10.2. The molecule has 0 unspecified atom stereocenters. The van der Waals surface area contributed by atoms with Crippen LogP contribution >= 0.6 is 11.6 Å². The minimum atomic E-state index is -3.98. The second-order valence-corrected chi connectivity index (χ2v) is 9.72. The summed E-state index contributed by atoms with van der Waals surface area (Å²) >= 11 is 5.95. The topological polar surface area (TPSA) is 97.8 Å². The molecular weight excluding hydrogens is 466 g/mol. The SMILES string of the molecule is O=C(CN(Cc1ccc(Cl)cc1)S(=O)(=O)c1cccnc1)Nc1ccc2c(c1)OCCCO2. The summed E-state index contributed by atoms with van der Waals surface area (Å²) in [6.45, 7) is 0.671. The molecular formula is C23H22ClN3O5S. The summed E-state index contributed by atoms with van der Waals surface area (Å²) in [5.41, 5.74) is 1.17. The number of fused-ring (bicyclic) bond motifs is 1. The number of anilines is 1. The van der Waals surface area contributed by atoms with Crippen molar-refractivity contribution in [3.8, 4) is 11.5 Å². The van der Waals surface area contributed by atoms with Crippen molar-refractivity contribution in [3.05, 3.63) is 77.6 Å². The van der Waals surface area contributed by atoms with Crippen LogP contribution in [0, 0.1) is 0 Å². The smallest absolute Gasteiger partial charge is 0.245 e. The lowest BCUT2D eigenvalue weighted by Gasteiger charge is -2.22. The van der Waals surface area contributed by atoms with Crippen molar-refractivity contribution in [2.24, 2.45) is 0 Å². The largest absolute Gasteiger partial charge is 0.490 e. The van der Waals surface area contributed by atoms with Crippen LogP contribution < -0.4 is 14.8 Å². The van der Waals surface area contributed by atoms with Crippen LogP contribution in [0.5, 0.6) is 11.5 Å². The number of halogens is 1. The van der Waals surface area contributed by atoms with Crippen molar-refractivity contribution in [2.75, 3.05) is 25.1 Å². The highest BCUT2D eigenvalue weighted by molar-refractivity contribution is 7.89. The van der Waals surface area contributed by atoms with E-state index in [0.29, 0.717) is 41.0 Å². The summed E-state index contributed by atoms with van der Waals surface area (Å²) in [5.74, 6) is 0.645. The van der Waals surface area contributed by atoms with Crippen LogP contribution in [0.25, 0.3) is 0 Å². The number of hydrogen-bond acceptors (Lipinski definition) is 6. The molecule has 0 bridgehead atoms. The molecule has 1 amide bonds. The van der Waals surface area contributed by atoms with Gasteiger partial charge in [-0.05, 0) is 42.0 Å². The van der Waals surface area contributed by atoms with Crippen molar-refractivity contribution in [3.63, 3.8) is 0 Å². The van der Waals surface area contributed by atoms with Crippen LogP contribution in [-0.2, 0) is 21.4 Å². The van der Waals surface area contributed by atoms with Gasteiger partial charge in [-0.2, -0.15) is 4.31 Å². The van der Waals surface area contributed by atoms with Crippen molar-refractivity contribution in [2.45, 2.75) is 17.9 Å². The fraction of sp³-hybridized carbons (Fsp3) is 0.217. The predicted molar refractivity (Wildman–Crippen MR) is 124 cm³/mol. The molecule has 2 aromatic carbocycles. The van der Waals surface area contributed by atoms with Gasteiger partial charge in [0.05, 0.1) is 19.8 Å². The van der Waals surface area contributed by atoms with Crippen molar-refractivity contribution >= 4 is 33.2 Å². The molecule has 0 radical (unpaired) electrons. The molecule has 4 rings (SSSR count). The number of ether oxygens (including phenoxy) is 2. The van der Waals surface area contributed by atoms with E-state index in [0.717, 1.165) is 10.7 Å². The first-order valence-corrected chi connectivity index (χ1v) is 12.1. The van der Waals surface area contributed by atoms with Gasteiger partial charge in [-0.25, -0.2) is 8.42 Å². The van der Waals surface area contributed by atoms with E-state index in [1.165, 1.54) is 24.5 Å². The van der Waals surface area contributed by atoms with E-state index in [-0.39, 0.29) is 11.4 Å². The minimum absolute atomic E-state index is 0.00217. The number of nitrogens with one attached hydrogen (secondary N) is 1. The average Bonchev–Trinajstić information content (AvgIpc) is 3.05. The molecule has 1 N–H and O–H groups in total. The van der Waals surface area contributed by atoms with Gasteiger partial charge in [0.2, 0.25) is 15.9 Å². The Hall–Kier alpha value is -3.14. The summed E-state index contributed by atoms with van der Waals surface area (Å²) < 4.78 is 38.9. The molecule has 0 fully saturated rings. The van der Waals surface area contributed by atoms with E-state index in [2.05, 4.69) is 10.3 Å². The van der Waals surface area contributed by atoms with Crippen LogP contribution in [0.2, 0.25) is 5.02 Å². The Balaban J connectivity index is 1.55.